The van der Waals surface area contributed by atoms with Crippen LogP contribution in [0.1, 0.15) is 29.0 Å². The monoisotopic (exact) mass is 856 g/mol. The van der Waals surface area contributed by atoms with E-state index >= 15 is 0 Å². The van der Waals surface area contributed by atoms with Crippen LogP contribution in [0.4, 0.5) is 0 Å². The Bertz CT molecular complexity index is 4110. The Labute approximate surface area is 386 Å². The largest absolute Gasteiger partial charge is 0.455 e. The van der Waals surface area contributed by atoms with Gasteiger partial charge in [0.1, 0.15) is 11.2 Å². The zero-order valence-corrected chi connectivity index (χ0v) is 36.4. The van der Waals surface area contributed by atoms with E-state index in [-0.39, 0.29) is 5.92 Å². The standard InChI is InChI=1S/C62H40N4O/c1-3-17-39(18-4-1)60-63-61(51-27-15-29-55-57(51)49-26-13-14-28-54(49)66(55)44-21-5-2-6-22-44)65-62(64-60)53-36-43(37-56-58(53)50-33-30-38-16-9-10-23-46(38)59(50)67-56)45-32-31-42-34-40-19-7-8-20-41(40)35-52(42)48-25-12-11-24-47(45)48/h1-30,33-37,45H,31-32H2. The lowest BCUT2D eigenvalue weighted by Crippen LogP contribution is -2.04. The number of hydrogen-bond acceptors (Lipinski definition) is 4. The number of para-hydroxylation sites is 2. The Kier molecular flexibility index (Phi) is 8.40. The van der Waals surface area contributed by atoms with Gasteiger partial charge < -0.3 is 8.98 Å². The molecule has 1 aliphatic carbocycles. The molecular weight excluding hydrogens is 817 g/mol. The molecule has 0 N–H and O–H groups in total. The minimum Gasteiger partial charge on any atom is -0.455 e. The van der Waals surface area contributed by atoms with Crippen LogP contribution in [0.25, 0.3) is 116 Å². The van der Waals surface area contributed by atoms with E-state index < -0.39 is 0 Å². The second-order valence-corrected chi connectivity index (χ2v) is 17.8. The number of hydrogen-bond donors (Lipinski definition) is 0. The maximum absolute atomic E-state index is 7.10. The van der Waals surface area contributed by atoms with E-state index in [0.717, 1.165) is 89.7 Å². The molecule has 5 heteroatoms. The second-order valence-electron chi connectivity index (χ2n) is 17.8. The Morgan fingerprint density at radius 2 is 1.09 bits per heavy atom. The molecule has 0 radical (unpaired) electrons. The molecule has 5 nitrogen and oxygen atoms in total. The van der Waals surface area contributed by atoms with Crippen molar-refractivity contribution >= 4 is 65.3 Å². The normalized spacial score (nSPS) is 13.7. The van der Waals surface area contributed by atoms with Gasteiger partial charge in [0, 0.05) is 55.2 Å². The zero-order chi connectivity index (χ0) is 44.0. The third-order valence-corrected chi connectivity index (χ3v) is 14.0. The van der Waals surface area contributed by atoms with Gasteiger partial charge in [0.05, 0.1) is 11.0 Å². The van der Waals surface area contributed by atoms with Gasteiger partial charge >= 0.3 is 0 Å². The highest BCUT2D eigenvalue weighted by atomic mass is 16.3. The Hall–Kier alpha value is -8.67. The first-order chi connectivity index (χ1) is 33.2. The smallest absolute Gasteiger partial charge is 0.164 e. The van der Waals surface area contributed by atoms with Gasteiger partial charge in [-0.1, -0.05) is 164 Å². The average molecular weight is 857 g/mol. The first kappa shape index (κ1) is 37.7. The van der Waals surface area contributed by atoms with E-state index in [2.05, 4.69) is 199 Å². The van der Waals surface area contributed by atoms with E-state index in [1.54, 1.807) is 0 Å². The van der Waals surface area contributed by atoms with Crippen molar-refractivity contribution in [3.8, 4) is 51.0 Å². The van der Waals surface area contributed by atoms with Crippen LogP contribution in [0.2, 0.25) is 0 Å². The molecule has 314 valence electrons. The van der Waals surface area contributed by atoms with Crippen molar-refractivity contribution in [2.75, 3.05) is 0 Å². The number of nitrogens with zero attached hydrogens (tertiary/aromatic N) is 4. The molecule has 1 aliphatic rings. The molecule has 0 saturated heterocycles. The summed E-state index contributed by atoms with van der Waals surface area (Å²) in [5.41, 5.74) is 14.2. The maximum Gasteiger partial charge on any atom is 0.164 e. The molecule has 0 spiro atoms. The number of furan rings is 1. The van der Waals surface area contributed by atoms with Gasteiger partial charge in [-0.15, -0.1) is 0 Å². The van der Waals surface area contributed by atoms with Crippen LogP contribution in [-0.4, -0.2) is 19.5 Å². The van der Waals surface area contributed by atoms with Crippen molar-refractivity contribution in [1.29, 1.82) is 0 Å². The highest BCUT2D eigenvalue weighted by Gasteiger charge is 2.28. The summed E-state index contributed by atoms with van der Waals surface area (Å²) in [5.74, 6) is 1.91. The van der Waals surface area contributed by atoms with Gasteiger partial charge in [-0.25, -0.2) is 15.0 Å². The summed E-state index contributed by atoms with van der Waals surface area (Å²) in [6.45, 7) is 0. The van der Waals surface area contributed by atoms with Gasteiger partial charge in [-0.3, -0.25) is 0 Å². The molecule has 1 atom stereocenters. The summed E-state index contributed by atoms with van der Waals surface area (Å²) in [4.78, 5) is 16.4. The first-order valence-corrected chi connectivity index (χ1v) is 23.1. The predicted octanol–water partition coefficient (Wildman–Crippen LogP) is 15.9. The van der Waals surface area contributed by atoms with Crippen molar-refractivity contribution < 1.29 is 4.42 Å². The second kappa shape index (κ2) is 14.9. The molecule has 0 saturated carbocycles. The minimum absolute atomic E-state index is 0.0765. The number of aromatic nitrogens is 4. The fourth-order valence-corrected chi connectivity index (χ4v) is 11.0. The molecule has 3 aromatic heterocycles. The summed E-state index contributed by atoms with van der Waals surface area (Å²) < 4.78 is 9.44. The van der Waals surface area contributed by atoms with Crippen molar-refractivity contribution in [1.82, 2.24) is 19.5 Å². The van der Waals surface area contributed by atoms with Crippen molar-refractivity contribution in [2.24, 2.45) is 0 Å². The topological polar surface area (TPSA) is 56.7 Å². The van der Waals surface area contributed by atoms with Crippen LogP contribution in [0.5, 0.6) is 0 Å². The number of fused-ring (bicyclic) bond motifs is 12. The molecule has 0 fully saturated rings. The molecular formula is C62H40N4O. The van der Waals surface area contributed by atoms with Crippen molar-refractivity contribution in [3.05, 3.63) is 229 Å². The van der Waals surface area contributed by atoms with E-state index in [0.29, 0.717) is 17.5 Å². The van der Waals surface area contributed by atoms with E-state index in [1.165, 1.54) is 38.6 Å². The lowest BCUT2D eigenvalue weighted by atomic mass is 9.84. The Morgan fingerprint density at radius 3 is 1.94 bits per heavy atom. The molecule has 0 amide bonds. The molecule has 13 aromatic rings. The molecule has 1 unspecified atom stereocenters. The van der Waals surface area contributed by atoms with Crippen LogP contribution in [0, 0.1) is 0 Å². The quantitative estimate of drug-likeness (QED) is 0.173. The summed E-state index contributed by atoms with van der Waals surface area (Å²) in [5, 5.41) is 9.01. The Balaban J connectivity index is 1.05. The van der Waals surface area contributed by atoms with Crippen molar-refractivity contribution in [3.63, 3.8) is 0 Å². The van der Waals surface area contributed by atoms with Gasteiger partial charge in [0.2, 0.25) is 0 Å². The summed E-state index contributed by atoms with van der Waals surface area (Å²) in [6.07, 6.45) is 1.87. The van der Waals surface area contributed by atoms with Crippen molar-refractivity contribution in [2.45, 2.75) is 18.8 Å². The van der Waals surface area contributed by atoms with Crippen LogP contribution in [0.15, 0.2) is 217 Å². The van der Waals surface area contributed by atoms with Gasteiger partial charge in [-0.05, 0) is 105 Å². The molecule has 0 bridgehead atoms. The van der Waals surface area contributed by atoms with Crippen LogP contribution in [0.3, 0.4) is 0 Å². The molecule has 10 aromatic carbocycles. The minimum atomic E-state index is 0.0765. The summed E-state index contributed by atoms with van der Waals surface area (Å²) in [7, 11) is 0. The number of benzene rings is 10. The van der Waals surface area contributed by atoms with Gasteiger partial charge in [-0.2, -0.15) is 0 Å². The van der Waals surface area contributed by atoms with Crippen LogP contribution >= 0.6 is 0 Å². The molecule has 14 rings (SSSR count). The van der Waals surface area contributed by atoms with Gasteiger partial charge in [0.25, 0.3) is 0 Å². The van der Waals surface area contributed by atoms with Crippen LogP contribution in [-0.2, 0) is 6.42 Å². The average Bonchev–Trinajstić information content (AvgIpc) is 3.90. The first-order valence-electron chi connectivity index (χ1n) is 23.1. The molecule has 67 heavy (non-hydrogen) atoms. The highest BCUT2D eigenvalue weighted by molar-refractivity contribution is 6.19. The van der Waals surface area contributed by atoms with E-state index in [9.17, 15) is 0 Å². The summed E-state index contributed by atoms with van der Waals surface area (Å²) >= 11 is 0. The summed E-state index contributed by atoms with van der Waals surface area (Å²) in [6, 6.07) is 76.0. The highest BCUT2D eigenvalue weighted by Crippen LogP contribution is 2.47. The van der Waals surface area contributed by atoms with Crippen LogP contribution < -0.4 is 0 Å². The Morgan fingerprint density at radius 1 is 0.433 bits per heavy atom. The lowest BCUT2D eigenvalue weighted by Gasteiger charge is -2.20. The molecule has 0 aliphatic heterocycles. The molecule has 3 heterocycles. The maximum atomic E-state index is 7.10. The predicted molar refractivity (Wildman–Crippen MR) is 275 cm³/mol. The third kappa shape index (κ3) is 5.98. The third-order valence-electron chi connectivity index (χ3n) is 14.0. The number of aryl methyl sites for hydroxylation is 1. The fourth-order valence-electron chi connectivity index (χ4n) is 11.0. The SMILES string of the molecule is c1ccc(-c2nc(-c3cc(C4CCc5cc6ccccc6cc5-c5ccccc54)cc4oc5c6ccccc6ccc5c34)nc(-c3cccc4c3c3ccccc3n4-c3ccccc3)n2)cc1. The van der Waals surface area contributed by atoms with Gasteiger partial charge in [0.15, 0.2) is 17.5 Å². The fraction of sp³-hybridized carbons (Fsp3) is 0.0484. The van der Waals surface area contributed by atoms with E-state index in [1.807, 2.05) is 18.2 Å². The number of rotatable bonds is 5. The zero-order valence-electron chi connectivity index (χ0n) is 36.4. The van der Waals surface area contributed by atoms with E-state index in [4.69, 9.17) is 19.4 Å². The lowest BCUT2D eigenvalue weighted by molar-refractivity contribution is 0.668.